The molecule has 0 aliphatic heterocycles. The van der Waals surface area contributed by atoms with E-state index in [-0.39, 0.29) is 18.1 Å². The van der Waals surface area contributed by atoms with E-state index >= 15 is 35.1 Å². The Morgan fingerprint density at radius 1 is 0.413 bits per heavy atom. The van der Waals surface area contributed by atoms with Crippen LogP contribution in [0.2, 0.25) is 0 Å². The van der Waals surface area contributed by atoms with Crippen LogP contribution in [0.3, 0.4) is 0 Å². The Kier molecular flexibility index (Phi) is 13.0. The first kappa shape index (κ1) is 47.0. The summed E-state index contributed by atoms with van der Waals surface area (Å²) in [6.07, 6.45) is -5.69. The van der Waals surface area contributed by atoms with Gasteiger partial charge < -0.3 is 0 Å². The Balaban J connectivity index is 0.000000345. The van der Waals surface area contributed by atoms with E-state index in [1.54, 1.807) is 36.4 Å². The van der Waals surface area contributed by atoms with Gasteiger partial charge in [0.1, 0.15) is 57.6 Å². The van der Waals surface area contributed by atoms with Crippen molar-refractivity contribution in [2.24, 2.45) is 0 Å². The third-order valence-corrected chi connectivity index (χ3v) is 9.22. The number of carbonyl (C=O) groups is 1. The maximum atomic E-state index is 15.4. The molecule has 0 aliphatic carbocycles. The maximum absolute atomic E-state index is 15.4. The molecule has 0 saturated carbocycles. The van der Waals surface area contributed by atoms with Gasteiger partial charge in [-0.05, 0) is 6.07 Å². The van der Waals surface area contributed by atoms with Crippen molar-refractivity contribution < 1.29 is 102 Å². The largest absolute Gasteiger partial charge is 0.501 e. The molecule has 0 aliphatic rings. The third-order valence-electron chi connectivity index (χ3n) is 9.22. The lowest BCUT2D eigenvalue weighted by atomic mass is 9.12. The highest BCUT2D eigenvalue weighted by molar-refractivity contribution is 7.20. The summed E-state index contributed by atoms with van der Waals surface area (Å²) in [6.45, 7) is -0.0405. The Bertz CT molecular complexity index is 2500. The lowest BCUT2D eigenvalue weighted by molar-refractivity contribution is -0.725. The van der Waals surface area contributed by atoms with E-state index in [1.807, 2.05) is 6.07 Å². The highest BCUT2D eigenvalue weighted by Crippen LogP contribution is 2.30. The predicted octanol–water partition coefficient (Wildman–Crippen LogP) is 7.61. The number of Topliss-reactive ketones (excluding diaryl/α,β-unsaturated/α-hetero) is 1. The molecule has 0 atom stereocenters. The van der Waals surface area contributed by atoms with Gasteiger partial charge in [-0.2, -0.15) is 0 Å². The van der Waals surface area contributed by atoms with Crippen molar-refractivity contribution >= 4 is 39.6 Å². The average molecular weight is 922 g/mol. The number of halogens is 20. The van der Waals surface area contributed by atoms with Crippen molar-refractivity contribution in [3.05, 3.63) is 187 Å². The summed E-state index contributed by atoms with van der Waals surface area (Å²) in [5.74, 6) is -71.7. The minimum absolute atomic E-state index is 0.0405. The van der Waals surface area contributed by atoms with Crippen LogP contribution in [0.15, 0.2) is 54.7 Å². The molecule has 6 rings (SSSR count). The molecule has 0 amide bonds. The Labute approximate surface area is 335 Å². The molecule has 5 nitrogen and oxygen atoms in total. The minimum atomic E-state index is -7.22. The van der Waals surface area contributed by atoms with Crippen molar-refractivity contribution in [2.75, 3.05) is 0 Å². The SMILES string of the molecule is Fc1c(F)c(F)c([B-](c2c(F)c(F)c(F)c(F)c2F)(c2c(F)c(F)c(F)c(F)c2F)c2c(F)c(F)c(F)c(F)c2F)c(F)c1F.O=C(C[n+]1ccccc1[N+](=O)[O-])c1ccccc1. The molecule has 0 N–H and O–H groups in total. The number of carbonyl (C=O) groups excluding carboxylic acids is 1. The van der Waals surface area contributed by atoms with Gasteiger partial charge in [-0.15, -0.1) is 26.4 Å². The fourth-order valence-corrected chi connectivity index (χ4v) is 6.51. The fourth-order valence-electron chi connectivity index (χ4n) is 6.51. The van der Waals surface area contributed by atoms with Crippen LogP contribution in [0, 0.1) is 126 Å². The first-order valence-corrected chi connectivity index (χ1v) is 16.3. The molecule has 330 valence electrons. The summed E-state index contributed by atoms with van der Waals surface area (Å²) in [5, 5.41) is 10.8. The van der Waals surface area contributed by atoms with E-state index in [0.29, 0.717) is 5.56 Å². The molecule has 63 heavy (non-hydrogen) atoms. The zero-order valence-electron chi connectivity index (χ0n) is 29.7. The molecule has 0 spiro atoms. The van der Waals surface area contributed by atoms with Crippen molar-refractivity contribution in [1.29, 1.82) is 0 Å². The van der Waals surface area contributed by atoms with Gasteiger partial charge >= 0.3 is 5.82 Å². The first-order valence-electron chi connectivity index (χ1n) is 16.3. The highest BCUT2D eigenvalue weighted by atomic mass is 19.2. The minimum Gasteiger partial charge on any atom is -0.287 e. The van der Waals surface area contributed by atoms with Gasteiger partial charge in [0, 0.05) is 11.6 Å². The van der Waals surface area contributed by atoms with Crippen LogP contribution in [0.5, 0.6) is 0 Å². The molecule has 1 heterocycles. The third kappa shape index (κ3) is 7.45. The topological polar surface area (TPSA) is 64.1 Å². The number of nitro groups is 1. The summed E-state index contributed by atoms with van der Waals surface area (Å²) in [7, 11) is 0. The number of hydrogen-bond acceptors (Lipinski definition) is 3. The number of ketones is 1. The molecule has 0 bridgehead atoms. The van der Waals surface area contributed by atoms with Gasteiger partial charge in [-0.3, -0.25) is 14.9 Å². The zero-order valence-corrected chi connectivity index (χ0v) is 29.7. The van der Waals surface area contributed by atoms with Crippen molar-refractivity contribution in [2.45, 2.75) is 6.54 Å². The standard InChI is InChI=1S/C24BF20.C13H11N2O3/c26-5-1(6(27)14(35)21(42)13(5)34)25(2-7(28)15(36)22(43)16(37)8(2)29,3-9(30)17(38)23(44)18(39)10(3)31)4-11(32)19(40)24(45)20(41)12(4)33;16-12(11-6-2-1-3-7-11)10-14-9-5-4-8-13(14)15(17)18/h;1-9H,10H2/q-1;+1. The van der Waals surface area contributed by atoms with E-state index < -0.39 is 149 Å². The molecule has 0 saturated heterocycles. The number of benzene rings is 5. The van der Waals surface area contributed by atoms with E-state index in [2.05, 4.69) is 0 Å². The van der Waals surface area contributed by atoms with E-state index in [4.69, 9.17) is 0 Å². The Hall–Kier alpha value is -7.02. The van der Waals surface area contributed by atoms with Crippen molar-refractivity contribution in [1.82, 2.24) is 0 Å². The molecule has 5 aromatic carbocycles. The van der Waals surface area contributed by atoms with Crippen LogP contribution in [0.25, 0.3) is 0 Å². The van der Waals surface area contributed by atoms with Crippen LogP contribution in [-0.4, -0.2) is 16.9 Å². The van der Waals surface area contributed by atoms with E-state index in [0.717, 1.165) is 0 Å². The van der Waals surface area contributed by atoms with Gasteiger partial charge in [-0.1, -0.05) is 30.3 Å². The lowest BCUT2D eigenvalue weighted by Gasteiger charge is -2.44. The van der Waals surface area contributed by atoms with Gasteiger partial charge in [0.25, 0.3) is 0 Å². The molecule has 0 unspecified atom stereocenters. The second-order valence-corrected chi connectivity index (χ2v) is 12.5. The number of aromatic nitrogens is 1. The highest BCUT2D eigenvalue weighted by Gasteiger charge is 2.52. The molecular weight excluding hydrogens is 911 g/mol. The molecule has 1 aromatic heterocycles. The van der Waals surface area contributed by atoms with Gasteiger partial charge in [0.05, 0.1) is 6.07 Å². The van der Waals surface area contributed by atoms with Gasteiger partial charge in [0.15, 0.2) is 76.0 Å². The summed E-state index contributed by atoms with van der Waals surface area (Å²) < 4.78 is 295. The second-order valence-electron chi connectivity index (χ2n) is 12.5. The van der Waals surface area contributed by atoms with Gasteiger partial charge in [0.2, 0.25) is 12.3 Å². The fraction of sp³-hybridized carbons (Fsp3) is 0.0270. The van der Waals surface area contributed by atoms with Crippen molar-refractivity contribution in [3.8, 4) is 0 Å². The Morgan fingerprint density at radius 2 is 0.667 bits per heavy atom. The Morgan fingerprint density at radius 3 is 0.937 bits per heavy atom. The summed E-state index contributed by atoms with van der Waals surface area (Å²) in [6, 6.07) is 13.3. The molecule has 0 radical (unpaired) electrons. The maximum Gasteiger partial charge on any atom is 0.501 e. The zero-order chi connectivity index (χ0) is 47.3. The van der Waals surface area contributed by atoms with E-state index in [9.17, 15) is 67.6 Å². The molecular formula is C37H11BF20N2O3. The summed E-state index contributed by atoms with van der Waals surface area (Å²) in [5.41, 5.74) is -13.8. The van der Waals surface area contributed by atoms with Crippen LogP contribution in [-0.2, 0) is 6.54 Å². The second kappa shape index (κ2) is 17.4. The molecule has 26 heteroatoms. The monoisotopic (exact) mass is 922 g/mol. The number of nitrogens with zero attached hydrogens (tertiary/aromatic N) is 2. The molecule has 6 aromatic rings. The average Bonchev–Trinajstić information content (AvgIpc) is 3.26. The first-order chi connectivity index (χ1) is 29.4. The van der Waals surface area contributed by atoms with Crippen LogP contribution < -0.4 is 26.4 Å². The normalized spacial score (nSPS) is 11.4. The van der Waals surface area contributed by atoms with Crippen LogP contribution >= 0.6 is 0 Å². The van der Waals surface area contributed by atoms with Crippen LogP contribution in [0.4, 0.5) is 93.6 Å². The predicted molar refractivity (Wildman–Crippen MR) is 173 cm³/mol. The van der Waals surface area contributed by atoms with Crippen LogP contribution in [0.1, 0.15) is 10.4 Å². The summed E-state index contributed by atoms with van der Waals surface area (Å²) >= 11 is 0. The number of rotatable bonds is 8. The lowest BCUT2D eigenvalue weighted by Crippen LogP contribution is -2.81. The van der Waals surface area contributed by atoms with E-state index in [1.165, 1.54) is 16.8 Å². The number of hydrogen-bond donors (Lipinski definition) is 0. The number of pyridine rings is 1. The summed E-state index contributed by atoms with van der Waals surface area (Å²) in [4.78, 5) is 22.3. The quantitative estimate of drug-likeness (QED) is 0.0231. The van der Waals surface area contributed by atoms with Crippen molar-refractivity contribution in [3.63, 3.8) is 0 Å². The molecule has 0 fully saturated rings. The smallest absolute Gasteiger partial charge is 0.287 e. The van der Waals surface area contributed by atoms with Gasteiger partial charge in [-0.25, -0.2) is 87.8 Å².